The molecule has 0 radical (unpaired) electrons. The average molecular weight is 490 g/mol. The van der Waals surface area contributed by atoms with Crippen molar-refractivity contribution >= 4 is 29.9 Å². The van der Waals surface area contributed by atoms with Gasteiger partial charge in [0.15, 0.2) is 5.96 Å². The smallest absolute Gasteiger partial charge is 0.193 e. The predicted molar refractivity (Wildman–Crippen MR) is 118 cm³/mol. The third-order valence-electron chi connectivity index (χ3n) is 5.28. The van der Waals surface area contributed by atoms with Crippen LogP contribution >= 0.6 is 24.0 Å². The molecule has 3 rings (SSSR count). The van der Waals surface area contributed by atoms with E-state index in [4.69, 9.17) is 4.74 Å². The minimum atomic E-state index is -0.218. The molecule has 152 valence electrons. The fourth-order valence-corrected chi connectivity index (χ4v) is 3.99. The van der Waals surface area contributed by atoms with Crippen LogP contribution in [0.1, 0.15) is 31.4 Å². The van der Waals surface area contributed by atoms with E-state index in [-0.39, 0.29) is 42.0 Å². The van der Waals surface area contributed by atoms with E-state index in [0.29, 0.717) is 5.92 Å². The second-order valence-corrected chi connectivity index (χ2v) is 7.59. The summed E-state index contributed by atoms with van der Waals surface area (Å²) in [6.07, 6.45) is 2.56. The highest BCUT2D eigenvalue weighted by atomic mass is 127. The molecule has 0 amide bonds. The van der Waals surface area contributed by atoms with E-state index < -0.39 is 0 Å². The molecule has 3 atom stereocenters. The number of ether oxygens (including phenoxy) is 1. The Balaban J connectivity index is 0.00000261. The number of hydrogen-bond donors (Lipinski definition) is 1. The van der Waals surface area contributed by atoms with Gasteiger partial charge in [0.05, 0.1) is 12.6 Å². The van der Waals surface area contributed by atoms with Crippen LogP contribution < -0.4 is 5.32 Å². The second kappa shape index (κ2) is 10.6. The van der Waals surface area contributed by atoms with Crippen LogP contribution in [0.4, 0.5) is 4.39 Å². The summed E-state index contributed by atoms with van der Waals surface area (Å²) in [5.41, 5.74) is 1.01. The molecular weight excluding hydrogens is 458 g/mol. The fraction of sp³-hybridized carbons (Fsp3) is 0.650. The first-order valence-corrected chi connectivity index (χ1v) is 9.60. The topological polar surface area (TPSA) is 40.1 Å². The van der Waals surface area contributed by atoms with Gasteiger partial charge in [-0.1, -0.05) is 12.1 Å². The van der Waals surface area contributed by atoms with Crippen molar-refractivity contribution < 1.29 is 9.13 Å². The lowest BCUT2D eigenvalue weighted by atomic mass is 9.98. The van der Waals surface area contributed by atoms with Gasteiger partial charge in [0, 0.05) is 26.7 Å². The molecule has 2 aliphatic rings. The lowest BCUT2D eigenvalue weighted by Gasteiger charge is -2.39. The Morgan fingerprint density at radius 3 is 2.67 bits per heavy atom. The summed E-state index contributed by atoms with van der Waals surface area (Å²) in [5, 5.41) is 3.56. The van der Waals surface area contributed by atoms with E-state index in [2.05, 4.69) is 34.1 Å². The van der Waals surface area contributed by atoms with Crippen molar-refractivity contribution in [2.75, 3.05) is 46.8 Å². The van der Waals surface area contributed by atoms with Gasteiger partial charge in [0.1, 0.15) is 11.9 Å². The van der Waals surface area contributed by atoms with Crippen LogP contribution in [0, 0.1) is 11.7 Å². The lowest BCUT2D eigenvalue weighted by molar-refractivity contribution is -0.0605. The molecule has 0 aliphatic carbocycles. The van der Waals surface area contributed by atoms with Crippen LogP contribution in [0.5, 0.6) is 0 Å². The molecule has 5 nitrogen and oxygen atoms in total. The molecule has 1 aromatic rings. The van der Waals surface area contributed by atoms with Gasteiger partial charge in [-0.25, -0.2) is 4.39 Å². The van der Waals surface area contributed by atoms with Crippen LogP contribution in [0.3, 0.4) is 0 Å². The molecule has 2 aliphatic heterocycles. The molecule has 2 saturated heterocycles. The van der Waals surface area contributed by atoms with Crippen molar-refractivity contribution in [1.29, 1.82) is 0 Å². The van der Waals surface area contributed by atoms with Gasteiger partial charge < -0.3 is 19.9 Å². The molecule has 27 heavy (non-hydrogen) atoms. The summed E-state index contributed by atoms with van der Waals surface area (Å²) in [4.78, 5) is 9.16. The first kappa shape index (κ1) is 22.4. The largest absolute Gasteiger partial charge is 0.367 e. The van der Waals surface area contributed by atoms with Gasteiger partial charge in [0.2, 0.25) is 0 Å². The van der Waals surface area contributed by atoms with Crippen molar-refractivity contribution in [1.82, 2.24) is 15.1 Å². The summed E-state index contributed by atoms with van der Waals surface area (Å²) < 4.78 is 19.3. The minimum absolute atomic E-state index is 0. The number of benzene rings is 1. The number of aliphatic imine (C=N–C) groups is 1. The molecular formula is C20H32FIN4O. The highest BCUT2D eigenvalue weighted by Gasteiger charge is 2.29. The zero-order chi connectivity index (χ0) is 18.5. The Morgan fingerprint density at radius 2 is 2.00 bits per heavy atom. The number of morpholine rings is 1. The first-order valence-electron chi connectivity index (χ1n) is 9.60. The molecule has 0 aromatic heterocycles. The first-order chi connectivity index (χ1) is 12.5. The third-order valence-corrected chi connectivity index (χ3v) is 5.28. The molecule has 2 heterocycles. The highest BCUT2D eigenvalue weighted by Crippen LogP contribution is 2.25. The van der Waals surface area contributed by atoms with Crippen LogP contribution in [-0.2, 0) is 4.74 Å². The van der Waals surface area contributed by atoms with E-state index >= 15 is 0 Å². The predicted octanol–water partition coefficient (Wildman–Crippen LogP) is 3.12. The quantitative estimate of drug-likeness (QED) is 0.402. The van der Waals surface area contributed by atoms with Gasteiger partial charge >= 0.3 is 0 Å². The normalized spacial score (nSPS) is 27.2. The highest BCUT2D eigenvalue weighted by molar-refractivity contribution is 14.0. The summed E-state index contributed by atoms with van der Waals surface area (Å²) in [6, 6.07) is 6.61. The number of nitrogens with zero attached hydrogens (tertiary/aromatic N) is 3. The van der Waals surface area contributed by atoms with Crippen LogP contribution in [0.15, 0.2) is 29.3 Å². The van der Waals surface area contributed by atoms with E-state index in [0.717, 1.165) is 37.7 Å². The molecule has 1 N–H and O–H groups in total. The fourth-order valence-electron chi connectivity index (χ4n) is 3.99. The van der Waals surface area contributed by atoms with E-state index in [1.54, 1.807) is 0 Å². The summed E-state index contributed by atoms with van der Waals surface area (Å²) in [6.45, 7) is 6.89. The minimum Gasteiger partial charge on any atom is -0.367 e. The van der Waals surface area contributed by atoms with Crippen molar-refractivity contribution in [3.63, 3.8) is 0 Å². The summed E-state index contributed by atoms with van der Waals surface area (Å²) in [5.74, 6) is 1.38. The van der Waals surface area contributed by atoms with E-state index in [1.165, 1.54) is 31.5 Å². The molecule has 3 unspecified atom stereocenters. The van der Waals surface area contributed by atoms with Gasteiger partial charge in [-0.15, -0.1) is 24.0 Å². The van der Waals surface area contributed by atoms with Crippen molar-refractivity contribution in [3.8, 4) is 0 Å². The standard InChI is InChI=1S/C20H31FN4O.HI/c1-15-12-25(14-19(26-15)17-6-8-18(21)9-7-17)20(22-2)23-11-16-5-4-10-24(3)13-16;/h6-9,15-16,19H,4-5,10-14H2,1-3H3,(H,22,23);1H. The van der Waals surface area contributed by atoms with Crippen LogP contribution in [-0.4, -0.2) is 68.7 Å². The van der Waals surface area contributed by atoms with Crippen LogP contribution in [0.25, 0.3) is 0 Å². The van der Waals surface area contributed by atoms with Crippen molar-refractivity contribution in [2.24, 2.45) is 10.9 Å². The number of rotatable bonds is 3. The maximum absolute atomic E-state index is 13.2. The summed E-state index contributed by atoms with van der Waals surface area (Å²) in [7, 11) is 4.03. The number of guanidine groups is 1. The Labute approximate surface area is 179 Å². The SMILES string of the molecule is CN=C(NCC1CCCN(C)C1)N1CC(C)OC(c2ccc(F)cc2)C1.I. The number of likely N-dealkylation sites (tertiary alicyclic amines) is 1. The Bertz CT molecular complexity index is 613. The van der Waals surface area contributed by atoms with Gasteiger partial charge in [-0.2, -0.15) is 0 Å². The molecule has 0 saturated carbocycles. The Kier molecular flexibility index (Phi) is 8.75. The Hall–Kier alpha value is -0.930. The van der Waals surface area contributed by atoms with Gasteiger partial charge in [0.25, 0.3) is 0 Å². The third kappa shape index (κ3) is 6.29. The molecule has 1 aromatic carbocycles. The number of hydrogen-bond acceptors (Lipinski definition) is 3. The number of piperidine rings is 1. The monoisotopic (exact) mass is 490 g/mol. The number of halogens is 2. The molecule has 2 fully saturated rings. The van der Waals surface area contributed by atoms with E-state index in [9.17, 15) is 4.39 Å². The second-order valence-electron chi connectivity index (χ2n) is 7.59. The zero-order valence-corrected chi connectivity index (χ0v) is 18.9. The zero-order valence-electron chi connectivity index (χ0n) is 16.5. The molecule has 0 spiro atoms. The van der Waals surface area contributed by atoms with Crippen LogP contribution in [0.2, 0.25) is 0 Å². The van der Waals surface area contributed by atoms with Crippen molar-refractivity contribution in [3.05, 3.63) is 35.6 Å². The maximum Gasteiger partial charge on any atom is 0.193 e. The number of nitrogens with one attached hydrogen (secondary N) is 1. The average Bonchev–Trinajstić information content (AvgIpc) is 2.62. The maximum atomic E-state index is 13.2. The molecule has 0 bridgehead atoms. The Morgan fingerprint density at radius 1 is 1.26 bits per heavy atom. The summed E-state index contributed by atoms with van der Waals surface area (Å²) >= 11 is 0. The van der Waals surface area contributed by atoms with Gasteiger partial charge in [-0.05, 0) is 57.0 Å². The molecule has 7 heteroatoms. The van der Waals surface area contributed by atoms with E-state index in [1.807, 2.05) is 19.2 Å². The lowest BCUT2D eigenvalue weighted by Crippen LogP contribution is -2.52. The van der Waals surface area contributed by atoms with Crippen molar-refractivity contribution in [2.45, 2.75) is 32.0 Å². The van der Waals surface area contributed by atoms with Gasteiger partial charge in [-0.3, -0.25) is 4.99 Å².